The van der Waals surface area contributed by atoms with E-state index in [1.54, 1.807) is 12.1 Å². The summed E-state index contributed by atoms with van der Waals surface area (Å²) < 4.78 is 60.9. The fourth-order valence-electron chi connectivity index (χ4n) is 2.63. The number of hydrogen-bond acceptors (Lipinski definition) is 2. The highest BCUT2D eigenvalue weighted by molar-refractivity contribution is 7.91. The first-order chi connectivity index (χ1) is 8.80. The van der Waals surface area contributed by atoms with Crippen LogP contribution in [0.15, 0.2) is 29.2 Å². The molecule has 0 spiro atoms. The average Bonchev–Trinajstić information content (AvgIpc) is 2.79. The van der Waals surface area contributed by atoms with E-state index in [4.69, 9.17) is 0 Å². The largest absolute Gasteiger partial charge is 0.403 e. The van der Waals surface area contributed by atoms with E-state index in [9.17, 15) is 21.6 Å². The first-order valence-electron chi connectivity index (χ1n) is 6.18. The third-order valence-corrected chi connectivity index (χ3v) is 5.15. The van der Waals surface area contributed by atoms with Crippen molar-refractivity contribution in [3.63, 3.8) is 0 Å². The van der Waals surface area contributed by atoms with Crippen LogP contribution in [0, 0.1) is 0 Å². The van der Waals surface area contributed by atoms with Crippen molar-refractivity contribution in [2.24, 2.45) is 0 Å². The number of sulfone groups is 1. The minimum Gasteiger partial charge on any atom is -0.223 e. The molecule has 106 valence electrons. The molecular formula is C13H15F3O2S. The van der Waals surface area contributed by atoms with Gasteiger partial charge < -0.3 is 0 Å². The van der Waals surface area contributed by atoms with Crippen molar-refractivity contribution >= 4 is 9.84 Å². The summed E-state index contributed by atoms with van der Waals surface area (Å²) in [5.41, 5.74) is 0.546. The van der Waals surface area contributed by atoms with Crippen LogP contribution in [0.5, 0.6) is 0 Å². The summed E-state index contributed by atoms with van der Waals surface area (Å²) in [5, 5.41) is 0. The van der Waals surface area contributed by atoms with E-state index in [0.29, 0.717) is 5.56 Å². The van der Waals surface area contributed by atoms with Gasteiger partial charge in [0.05, 0.1) is 4.90 Å². The van der Waals surface area contributed by atoms with E-state index in [-0.39, 0.29) is 10.8 Å². The Kier molecular flexibility index (Phi) is 3.90. The van der Waals surface area contributed by atoms with Gasteiger partial charge in [0.1, 0.15) is 0 Å². The van der Waals surface area contributed by atoms with Gasteiger partial charge in [0.15, 0.2) is 15.6 Å². The molecule has 0 saturated heterocycles. The first-order valence-corrected chi connectivity index (χ1v) is 7.83. The topological polar surface area (TPSA) is 34.1 Å². The van der Waals surface area contributed by atoms with Crippen LogP contribution in [0.2, 0.25) is 0 Å². The molecule has 0 radical (unpaired) electrons. The van der Waals surface area contributed by atoms with Crippen LogP contribution in [0.4, 0.5) is 13.2 Å². The Morgan fingerprint density at radius 3 is 2.26 bits per heavy atom. The normalized spacial score (nSPS) is 17.8. The van der Waals surface area contributed by atoms with Crippen LogP contribution in [0.1, 0.15) is 37.2 Å². The summed E-state index contributed by atoms with van der Waals surface area (Å²) in [6.07, 6.45) is -1.02. The number of benzene rings is 1. The van der Waals surface area contributed by atoms with Gasteiger partial charge in [-0.3, -0.25) is 0 Å². The molecule has 1 aliphatic rings. The molecule has 0 aliphatic heterocycles. The van der Waals surface area contributed by atoms with Gasteiger partial charge in [-0.1, -0.05) is 31.0 Å². The highest BCUT2D eigenvalue weighted by Gasteiger charge is 2.37. The molecule has 0 bridgehead atoms. The summed E-state index contributed by atoms with van der Waals surface area (Å²) in [7, 11) is -4.31. The molecule has 1 aliphatic carbocycles. The molecule has 19 heavy (non-hydrogen) atoms. The fraction of sp³-hybridized carbons (Fsp3) is 0.538. The Balaban J connectivity index is 2.39. The third kappa shape index (κ3) is 3.49. The molecule has 1 aromatic rings. The molecule has 0 unspecified atom stereocenters. The molecule has 0 N–H and O–H groups in total. The number of alkyl halides is 3. The van der Waals surface area contributed by atoms with E-state index < -0.39 is 21.8 Å². The maximum atomic E-state index is 12.4. The molecule has 0 heterocycles. The zero-order valence-corrected chi connectivity index (χ0v) is 11.1. The molecule has 2 nitrogen and oxygen atoms in total. The van der Waals surface area contributed by atoms with Crippen molar-refractivity contribution in [2.45, 2.75) is 42.7 Å². The second kappa shape index (κ2) is 5.15. The lowest BCUT2D eigenvalue weighted by molar-refractivity contribution is -0.106. The second-order valence-corrected chi connectivity index (χ2v) is 6.85. The molecule has 0 atom stereocenters. The molecule has 2 rings (SSSR count). The summed E-state index contributed by atoms with van der Waals surface area (Å²) in [4.78, 5) is -0.153. The van der Waals surface area contributed by atoms with Crippen molar-refractivity contribution < 1.29 is 21.6 Å². The maximum Gasteiger partial charge on any atom is 0.403 e. The van der Waals surface area contributed by atoms with Crippen LogP contribution in [0.25, 0.3) is 0 Å². The van der Waals surface area contributed by atoms with Gasteiger partial charge in [0.25, 0.3) is 0 Å². The van der Waals surface area contributed by atoms with Crippen molar-refractivity contribution in [1.29, 1.82) is 0 Å². The Labute approximate surface area is 110 Å². The lowest BCUT2D eigenvalue weighted by Crippen LogP contribution is -2.24. The highest BCUT2D eigenvalue weighted by Crippen LogP contribution is 2.38. The van der Waals surface area contributed by atoms with Gasteiger partial charge in [-0.25, -0.2) is 8.42 Å². The van der Waals surface area contributed by atoms with Crippen LogP contribution in [0.3, 0.4) is 0 Å². The van der Waals surface area contributed by atoms with E-state index in [1.165, 1.54) is 12.1 Å². The molecule has 0 amide bonds. The van der Waals surface area contributed by atoms with Gasteiger partial charge in [0, 0.05) is 0 Å². The fourth-order valence-corrected chi connectivity index (χ4v) is 4.10. The monoisotopic (exact) mass is 292 g/mol. The van der Waals surface area contributed by atoms with Crippen LogP contribution in [-0.4, -0.2) is 20.3 Å². The highest BCUT2D eigenvalue weighted by atomic mass is 32.2. The molecule has 1 aromatic carbocycles. The van der Waals surface area contributed by atoms with E-state index in [2.05, 4.69) is 0 Å². The zero-order chi connectivity index (χ0) is 14.1. The Bertz CT molecular complexity index is 543. The summed E-state index contributed by atoms with van der Waals surface area (Å²) in [6.45, 7) is 0. The quantitative estimate of drug-likeness (QED) is 0.851. The number of halogens is 3. The van der Waals surface area contributed by atoms with Crippen LogP contribution < -0.4 is 0 Å². The van der Waals surface area contributed by atoms with E-state index in [1.807, 2.05) is 0 Å². The third-order valence-electron chi connectivity index (χ3n) is 3.40. The summed E-state index contributed by atoms with van der Waals surface area (Å²) in [5.74, 6) is -1.72. The van der Waals surface area contributed by atoms with Gasteiger partial charge in [-0.05, 0) is 30.4 Å². The Hall–Kier alpha value is -1.04. The van der Waals surface area contributed by atoms with Crippen molar-refractivity contribution in [2.75, 3.05) is 5.75 Å². The summed E-state index contributed by atoms with van der Waals surface area (Å²) >= 11 is 0. The number of hydrogen-bond donors (Lipinski definition) is 0. The van der Waals surface area contributed by atoms with Crippen LogP contribution in [-0.2, 0) is 9.84 Å². The Morgan fingerprint density at radius 1 is 1.11 bits per heavy atom. The number of rotatable bonds is 3. The molecule has 0 aromatic heterocycles. The lowest BCUT2D eigenvalue weighted by atomic mass is 9.98. The van der Waals surface area contributed by atoms with Crippen LogP contribution >= 0.6 is 0 Å². The van der Waals surface area contributed by atoms with Gasteiger partial charge in [0.2, 0.25) is 0 Å². The zero-order valence-electron chi connectivity index (χ0n) is 10.3. The van der Waals surface area contributed by atoms with Gasteiger partial charge >= 0.3 is 6.18 Å². The molecular weight excluding hydrogens is 277 g/mol. The SMILES string of the molecule is O=S(=O)(CC(F)(F)F)c1ccccc1C1CCCC1. The minimum absolute atomic E-state index is 0.0687. The minimum atomic E-state index is -4.71. The van der Waals surface area contributed by atoms with E-state index >= 15 is 0 Å². The standard InChI is InChI=1S/C13H15F3O2S/c14-13(15,16)9-19(17,18)12-8-4-3-7-11(12)10-5-1-2-6-10/h3-4,7-8,10H,1-2,5-6,9H2. The molecule has 6 heteroatoms. The maximum absolute atomic E-state index is 12.4. The molecule has 1 fully saturated rings. The predicted octanol–water partition coefficient (Wildman–Crippen LogP) is 3.68. The van der Waals surface area contributed by atoms with Crippen molar-refractivity contribution in [3.8, 4) is 0 Å². The Morgan fingerprint density at radius 2 is 1.68 bits per heavy atom. The van der Waals surface area contributed by atoms with Gasteiger partial charge in [-0.15, -0.1) is 0 Å². The second-order valence-electron chi connectivity index (χ2n) is 4.89. The van der Waals surface area contributed by atoms with Crippen molar-refractivity contribution in [3.05, 3.63) is 29.8 Å². The van der Waals surface area contributed by atoms with E-state index in [0.717, 1.165) is 25.7 Å². The first kappa shape index (κ1) is 14.4. The lowest BCUT2D eigenvalue weighted by Gasteiger charge is -2.16. The smallest absolute Gasteiger partial charge is 0.223 e. The summed E-state index contributed by atoms with van der Waals surface area (Å²) in [6, 6.07) is 6.08. The molecule has 1 saturated carbocycles. The van der Waals surface area contributed by atoms with Gasteiger partial charge in [-0.2, -0.15) is 13.2 Å². The average molecular weight is 292 g/mol. The predicted molar refractivity (Wildman–Crippen MR) is 65.8 cm³/mol. The van der Waals surface area contributed by atoms with Crippen molar-refractivity contribution in [1.82, 2.24) is 0 Å².